The molecular formula is C16H21NO3S. The van der Waals surface area contributed by atoms with Gasteiger partial charge in [0, 0.05) is 0 Å². The van der Waals surface area contributed by atoms with E-state index in [1.807, 2.05) is 0 Å². The zero-order chi connectivity index (χ0) is 15.1. The lowest BCUT2D eigenvalue weighted by atomic mass is 10.0. The Labute approximate surface area is 126 Å². The average molecular weight is 307 g/mol. The SMILES string of the molecule is CC#CCOc1ccc(S(=O)(=O)CC2CCNCC2)cc1. The molecule has 2 rings (SSSR count). The van der Waals surface area contributed by atoms with Crippen LogP contribution in [-0.4, -0.2) is 33.9 Å². The number of sulfone groups is 1. The van der Waals surface area contributed by atoms with Gasteiger partial charge in [0.1, 0.15) is 12.4 Å². The molecule has 4 nitrogen and oxygen atoms in total. The van der Waals surface area contributed by atoms with Crippen molar-refractivity contribution in [3.05, 3.63) is 24.3 Å². The molecule has 1 aliphatic rings. The van der Waals surface area contributed by atoms with Crippen molar-refractivity contribution in [2.75, 3.05) is 25.4 Å². The standard InChI is InChI=1S/C16H21NO3S/c1-2-3-12-20-15-4-6-16(7-5-15)21(18,19)13-14-8-10-17-11-9-14/h4-7,14,17H,8-13H2,1H3. The monoisotopic (exact) mass is 307 g/mol. The number of hydrogen-bond acceptors (Lipinski definition) is 4. The smallest absolute Gasteiger partial charge is 0.178 e. The predicted molar refractivity (Wildman–Crippen MR) is 83.0 cm³/mol. The summed E-state index contributed by atoms with van der Waals surface area (Å²) in [6.45, 7) is 3.88. The highest BCUT2D eigenvalue weighted by Crippen LogP contribution is 2.22. The minimum atomic E-state index is -3.21. The number of piperidine rings is 1. The van der Waals surface area contributed by atoms with Gasteiger partial charge in [0.15, 0.2) is 9.84 Å². The molecular weight excluding hydrogens is 286 g/mol. The average Bonchev–Trinajstić information content (AvgIpc) is 2.49. The van der Waals surface area contributed by atoms with E-state index in [1.54, 1.807) is 31.2 Å². The number of hydrogen-bond donors (Lipinski definition) is 1. The van der Waals surface area contributed by atoms with Crippen LogP contribution in [0.2, 0.25) is 0 Å². The van der Waals surface area contributed by atoms with E-state index in [9.17, 15) is 8.42 Å². The summed E-state index contributed by atoms with van der Waals surface area (Å²) in [7, 11) is -3.21. The van der Waals surface area contributed by atoms with Crippen LogP contribution in [0.1, 0.15) is 19.8 Å². The molecule has 1 heterocycles. The lowest BCUT2D eigenvalue weighted by Gasteiger charge is -2.22. The van der Waals surface area contributed by atoms with Gasteiger partial charge in [-0.05, 0) is 63.0 Å². The van der Waals surface area contributed by atoms with Crippen LogP contribution in [0.15, 0.2) is 29.2 Å². The summed E-state index contributed by atoms with van der Waals surface area (Å²) in [5.41, 5.74) is 0. The van der Waals surface area contributed by atoms with Gasteiger partial charge in [-0.15, -0.1) is 5.92 Å². The molecule has 0 aliphatic carbocycles. The number of benzene rings is 1. The van der Waals surface area contributed by atoms with Gasteiger partial charge in [-0.1, -0.05) is 5.92 Å². The summed E-state index contributed by atoms with van der Waals surface area (Å²) >= 11 is 0. The molecule has 0 atom stereocenters. The van der Waals surface area contributed by atoms with E-state index in [1.165, 1.54) is 0 Å². The zero-order valence-corrected chi connectivity index (χ0v) is 13.1. The Balaban J connectivity index is 2.00. The Morgan fingerprint density at radius 1 is 1.24 bits per heavy atom. The molecule has 0 unspecified atom stereocenters. The minimum Gasteiger partial charge on any atom is -0.481 e. The van der Waals surface area contributed by atoms with Crippen molar-refractivity contribution in [1.82, 2.24) is 5.32 Å². The molecule has 1 saturated heterocycles. The lowest BCUT2D eigenvalue weighted by molar-refractivity contribution is 0.370. The van der Waals surface area contributed by atoms with Gasteiger partial charge in [-0.2, -0.15) is 0 Å². The highest BCUT2D eigenvalue weighted by Gasteiger charge is 2.22. The van der Waals surface area contributed by atoms with E-state index in [-0.39, 0.29) is 11.7 Å². The highest BCUT2D eigenvalue weighted by atomic mass is 32.2. The maximum absolute atomic E-state index is 12.4. The molecule has 0 amide bonds. The Bertz CT molecular complexity index is 605. The van der Waals surface area contributed by atoms with Crippen molar-refractivity contribution in [3.8, 4) is 17.6 Å². The molecule has 0 saturated carbocycles. The van der Waals surface area contributed by atoms with Gasteiger partial charge < -0.3 is 10.1 Å². The first kappa shape index (κ1) is 15.9. The van der Waals surface area contributed by atoms with Crippen molar-refractivity contribution in [2.24, 2.45) is 5.92 Å². The summed E-state index contributed by atoms with van der Waals surface area (Å²) in [5, 5.41) is 3.25. The lowest BCUT2D eigenvalue weighted by Crippen LogP contribution is -2.31. The van der Waals surface area contributed by atoms with E-state index in [0.29, 0.717) is 17.3 Å². The Hall–Kier alpha value is -1.51. The van der Waals surface area contributed by atoms with Gasteiger partial charge in [-0.25, -0.2) is 8.42 Å². The summed E-state index contributed by atoms with van der Waals surface area (Å²) in [5.74, 6) is 6.67. The maximum atomic E-state index is 12.4. The minimum absolute atomic E-state index is 0.232. The second-order valence-electron chi connectivity index (χ2n) is 5.16. The fourth-order valence-electron chi connectivity index (χ4n) is 2.39. The summed E-state index contributed by atoms with van der Waals surface area (Å²) in [4.78, 5) is 0.370. The van der Waals surface area contributed by atoms with Crippen LogP contribution in [-0.2, 0) is 9.84 Å². The third kappa shape index (κ3) is 4.76. The van der Waals surface area contributed by atoms with Crippen LogP contribution in [0, 0.1) is 17.8 Å². The molecule has 5 heteroatoms. The molecule has 21 heavy (non-hydrogen) atoms. The van der Waals surface area contributed by atoms with Crippen molar-refractivity contribution < 1.29 is 13.2 Å². The van der Waals surface area contributed by atoms with Gasteiger partial charge in [0.25, 0.3) is 0 Å². The van der Waals surface area contributed by atoms with Crippen molar-refractivity contribution in [2.45, 2.75) is 24.7 Å². The van der Waals surface area contributed by atoms with Crippen LogP contribution >= 0.6 is 0 Å². The van der Waals surface area contributed by atoms with Gasteiger partial charge >= 0.3 is 0 Å². The summed E-state index contributed by atoms with van der Waals surface area (Å²) in [6, 6.07) is 6.61. The van der Waals surface area contributed by atoms with Crippen molar-refractivity contribution in [3.63, 3.8) is 0 Å². The highest BCUT2D eigenvalue weighted by molar-refractivity contribution is 7.91. The molecule has 0 radical (unpaired) electrons. The first-order valence-corrected chi connectivity index (χ1v) is 8.83. The first-order chi connectivity index (χ1) is 10.1. The quantitative estimate of drug-likeness (QED) is 0.844. The van der Waals surface area contributed by atoms with E-state index in [0.717, 1.165) is 25.9 Å². The molecule has 0 aromatic heterocycles. The van der Waals surface area contributed by atoms with Crippen molar-refractivity contribution >= 4 is 9.84 Å². The van der Waals surface area contributed by atoms with Gasteiger partial charge in [0.05, 0.1) is 10.6 Å². The third-order valence-corrected chi connectivity index (χ3v) is 5.49. The van der Waals surface area contributed by atoms with E-state index >= 15 is 0 Å². The number of nitrogens with one attached hydrogen (secondary N) is 1. The molecule has 0 bridgehead atoms. The predicted octanol–water partition coefficient (Wildman–Crippen LogP) is 1.86. The fraction of sp³-hybridized carbons (Fsp3) is 0.500. The normalized spacial score (nSPS) is 16.0. The molecule has 1 aliphatic heterocycles. The third-order valence-electron chi connectivity index (χ3n) is 3.58. The van der Waals surface area contributed by atoms with E-state index in [2.05, 4.69) is 17.2 Å². The second-order valence-corrected chi connectivity index (χ2v) is 7.20. The first-order valence-electron chi connectivity index (χ1n) is 7.18. The van der Waals surface area contributed by atoms with Crippen LogP contribution in [0.25, 0.3) is 0 Å². The largest absolute Gasteiger partial charge is 0.481 e. The van der Waals surface area contributed by atoms with Gasteiger partial charge in [0.2, 0.25) is 0 Å². The second kappa shape index (κ2) is 7.48. The van der Waals surface area contributed by atoms with E-state index < -0.39 is 9.84 Å². The molecule has 114 valence electrons. The van der Waals surface area contributed by atoms with Crippen LogP contribution in [0.3, 0.4) is 0 Å². The molecule has 0 spiro atoms. The Morgan fingerprint density at radius 2 is 1.90 bits per heavy atom. The Morgan fingerprint density at radius 3 is 2.52 bits per heavy atom. The van der Waals surface area contributed by atoms with Crippen LogP contribution < -0.4 is 10.1 Å². The van der Waals surface area contributed by atoms with E-state index in [4.69, 9.17) is 4.74 Å². The zero-order valence-electron chi connectivity index (χ0n) is 12.3. The summed E-state index contributed by atoms with van der Waals surface area (Å²) < 4.78 is 30.2. The molecule has 1 aromatic rings. The maximum Gasteiger partial charge on any atom is 0.178 e. The van der Waals surface area contributed by atoms with Crippen molar-refractivity contribution in [1.29, 1.82) is 0 Å². The molecule has 1 fully saturated rings. The summed E-state index contributed by atoms with van der Waals surface area (Å²) in [6.07, 6.45) is 1.85. The van der Waals surface area contributed by atoms with Gasteiger partial charge in [-0.3, -0.25) is 0 Å². The van der Waals surface area contributed by atoms with Crippen LogP contribution in [0.4, 0.5) is 0 Å². The van der Waals surface area contributed by atoms with Crippen LogP contribution in [0.5, 0.6) is 5.75 Å². The molecule has 1 aromatic carbocycles. The molecule has 1 N–H and O–H groups in total. The number of rotatable bonds is 5. The Kier molecular flexibility index (Phi) is 5.66. The number of ether oxygens (including phenoxy) is 1. The fourth-order valence-corrected chi connectivity index (χ4v) is 4.09. The topological polar surface area (TPSA) is 55.4 Å².